The normalized spacial score (nSPS) is 13.9. The van der Waals surface area contributed by atoms with E-state index in [2.05, 4.69) is 25.5 Å². The van der Waals surface area contributed by atoms with Gasteiger partial charge in [-0.3, -0.25) is 9.89 Å². The van der Waals surface area contributed by atoms with Crippen LogP contribution in [-0.2, 0) is 30.6 Å². The molecule has 0 saturated heterocycles. The van der Waals surface area contributed by atoms with Gasteiger partial charge in [-0.1, -0.05) is 18.7 Å². The molecule has 6 nitrogen and oxygen atoms in total. The number of aryl methyl sites for hydroxylation is 3. The molecule has 22 heavy (non-hydrogen) atoms. The molecule has 1 aliphatic carbocycles. The lowest BCUT2D eigenvalue weighted by atomic mass is 10.0. The van der Waals surface area contributed by atoms with Crippen LogP contribution in [-0.4, -0.2) is 31.8 Å². The van der Waals surface area contributed by atoms with Gasteiger partial charge in [-0.15, -0.1) is 16.4 Å². The SMILES string of the molecule is CCc1nc(SCC(=O)NCc2nc3c(s2)CCCC3)n[nH]1. The van der Waals surface area contributed by atoms with Crippen molar-refractivity contribution in [2.24, 2.45) is 0 Å². The Bertz CT molecular complexity index is 628. The predicted molar refractivity (Wildman–Crippen MR) is 87.1 cm³/mol. The van der Waals surface area contributed by atoms with Gasteiger partial charge in [0, 0.05) is 11.3 Å². The lowest BCUT2D eigenvalue weighted by Crippen LogP contribution is -2.24. The van der Waals surface area contributed by atoms with E-state index < -0.39 is 0 Å². The molecule has 0 unspecified atom stereocenters. The largest absolute Gasteiger partial charge is 0.349 e. The third-order valence-electron chi connectivity index (χ3n) is 3.51. The van der Waals surface area contributed by atoms with Crippen LogP contribution >= 0.6 is 23.1 Å². The molecule has 1 amide bonds. The number of fused-ring (bicyclic) bond motifs is 1. The van der Waals surface area contributed by atoms with Crippen molar-refractivity contribution >= 4 is 29.0 Å². The Balaban J connectivity index is 1.44. The van der Waals surface area contributed by atoms with E-state index in [0.717, 1.165) is 30.1 Å². The van der Waals surface area contributed by atoms with E-state index in [4.69, 9.17) is 0 Å². The van der Waals surface area contributed by atoms with Crippen LogP contribution in [0.1, 0.15) is 41.2 Å². The molecule has 2 aromatic heterocycles. The number of carbonyl (C=O) groups is 1. The quantitative estimate of drug-likeness (QED) is 0.789. The number of thiazole rings is 1. The maximum atomic E-state index is 11.9. The molecule has 1 aliphatic rings. The average Bonchev–Trinajstić information content (AvgIpc) is 3.16. The summed E-state index contributed by atoms with van der Waals surface area (Å²) < 4.78 is 0. The maximum absolute atomic E-state index is 11.9. The number of nitrogens with one attached hydrogen (secondary N) is 2. The van der Waals surface area contributed by atoms with E-state index in [9.17, 15) is 4.79 Å². The standard InChI is InChI=1S/C14H19N5OS2/c1-2-11-17-14(19-18-11)21-8-12(20)15-7-13-16-9-5-3-4-6-10(9)22-13/h2-8H2,1H3,(H,15,20)(H,17,18,19). The van der Waals surface area contributed by atoms with Crippen molar-refractivity contribution in [3.63, 3.8) is 0 Å². The Morgan fingerprint density at radius 2 is 2.23 bits per heavy atom. The number of nitrogens with zero attached hydrogens (tertiary/aromatic N) is 3. The Morgan fingerprint density at radius 1 is 1.36 bits per heavy atom. The highest BCUT2D eigenvalue weighted by Crippen LogP contribution is 2.26. The summed E-state index contributed by atoms with van der Waals surface area (Å²) in [6.45, 7) is 2.53. The number of rotatable bonds is 6. The summed E-state index contributed by atoms with van der Waals surface area (Å²) in [5.41, 5.74) is 1.24. The fraction of sp³-hybridized carbons (Fsp3) is 0.571. The molecule has 0 aromatic carbocycles. The van der Waals surface area contributed by atoms with Crippen molar-refractivity contribution in [3.05, 3.63) is 21.4 Å². The van der Waals surface area contributed by atoms with Crippen LogP contribution in [0.15, 0.2) is 5.16 Å². The number of carbonyl (C=O) groups excluding carboxylic acids is 1. The van der Waals surface area contributed by atoms with Crippen LogP contribution in [0.2, 0.25) is 0 Å². The summed E-state index contributed by atoms with van der Waals surface area (Å²) in [7, 11) is 0. The molecule has 8 heteroatoms. The second-order valence-corrected chi connectivity index (χ2v) is 7.28. The van der Waals surface area contributed by atoms with Gasteiger partial charge in [-0.05, 0) is 25.7 Å². The van der Waals surface area contributed by atoms with Gasteiger partial charge in [0.2, 0.25) is 11.1 Å². The summed E-state index contributed by atoms with van der Waals surface area (Å²) in [6.07, 6.45) is 5.53. The van der Waals surface area contributed by atoms with Crippen LogP contribution in [0.25, 0.3) is 0 Å². The number of thioether (sulfide) groups is 1. The fourth-order valence-electron chi connectivity index (χ4n) is 2.34. The smallest absolute Gasteiger partial charge is 0.230 e. The molecular weight excluding hydrogens is 318 g/mol. The van der Waals surface area contributed by atoms with Gasteiger partial charge in [0.25, 0.3) is 0 Å². The number of amides is 1. The molecule has 0 fully saturated rings. The van der Waals surface area contributed by atoms with Gasteiger partial charge in [0.05, 0.1) is 18.0 Å². The first kappa shape index (κ1) is 15.5. The number of aromatic nitrogens is 4. The minimum Gasteiger partial charge on any atom is -0.349 e. The minimum atomic E-state index is -0.0129. The van der Waals surface area contributed by atoms with Gasteiger partial charge >= 0.3 is 0 Å². The zero-order valence-corrected chi connectivity index (χ0v) is 14.1. The Kier molecular flexibility index (Phi) is 5.09. The molecule has 0 aliphatic heterocycles. The van der Waals surface area contributed by atoms with Crippen molar-refractivity contribution in [3.8, 4) is 0 Å². The monoisotopic (exact) mass is 337 g/mol. The van der Waals surface area contributed by atoms with Crippen LogP contribution in [0.5, 0.6) is 0 Å². The molecule has 0 spiro atoms. The number of aromatic amines is 1. The second-order valence-electron chi connectivity index (χ2n) is 5.17. The molecule has 3 rings (SSSR count). The van der Waals surface area contributed by atoms with E-state index >= 15 is 0 Å². The minimum absolute atomic E-state index is 0.0129. The van der Waals surface area contributed by atoms with Crippen molar-refractivity contribution < 1.29 is 4.79 Å². The van der Waals surface area contributed by atoms with Gasteiger partial charge < -0.3 is 5.32 Å². The molecule has 0 saturated carbocycles. The second kappa shape index (κ2) is 7.23. The molecule has 0 radical (unpaired) electrons. The van der Waals surface area contributed by atoms with Crippen molar-refractivity contribution in [1.29, 1.82) is 0 Å². The summed E-state index contributed by atoms with van der Waals surface area (Å²) in [5, 5.41) is 11.5. The third kappa shape index (κ3) is 3.86. The highest BCUT2D eigenvalue weighted by Gasteiger charge is 2.15. The first-order chi connectivity index (χ1) is 10.7. The van der Waals surface area contributed by atoms with E-state index in [1.165, 1.54) is 35.2 Å². The molecule has 0 atom stereocenters. The molecule has 0 bridgehead atoms. The number of H-pyrrole nitrogens is 1. The predicted octanol–water partition coefficient (Wildman–Crippen LogP) is 2.11. The zero-order chi connectivity index (χ0) is 15.4. The highest BCUT2D eigenvalue weighted by atomic mass is 32.2. The summed E-state index contributed by atoms with van der Waals surface area (Å²) >= 11 is 3.08. The Labute approximate surface area is 137 Å². The lowest BCUT2D eigenvalue weighted by Gasteiger charge is -2.06. The molecule has 2 heterocycles. The van der Waals surface area contributed by atoms with Crippen molar-refractivity contribution in [2.75, 3.05) is 5.75 Å². The van der Waals surface area contributed by atoms with E-state index in [-0.39, 0.29) is 5.91 Å². The van der Waals surface area contributed by atoms with Crippen LogP contribution in [0.4, 0.5) is 0 Å². The van der Waals surface area contributed by atoms with E-state index in [0.29, 0.717) is 17.5 Å². The molecule has 2 N–H and O–H groups in total. The number of hydrogen-bond acceptors (Lipinski definition) is 6. The van der Waals surface area contributed by atoms with Gasteiger partial charge in [0.1, 0.15) is 10.8 Å². The summed E-state index contributed by atoms with van der Waals surface area (Å²) in [5.74, 6) is 1.16. The van der Waals surface area contributed by atoms with Gasteiger partial charge in [0.15, 0.2) is 0 Å². The van der Waals surface area contributed by atoms with Crippen molar-refractivity contribution in [2.45, 2.75) is 50.7 Å². The van der Waals surface area contributed by atoms with Gasteiger partial charge in [-0.2, -0.15) is 0 Å². The fourth-order valence-corrected chi connectivity index (χ4v) is 4.08. The Hall–Kier alpha value is -1.41. The molecular formula is C14H19N5OS2. The average molecular weight is 337 g/mol. The van der Waals surface area contributed by atoms with Crippen molar-refractivity contribution in [1.82, 2.24) is 25.5 Å². The number of hydrogen-bond donors (Lipinski definition) is 2. The maximum Gasteiger partial charge on any atom is 0.230 e. The third-order valence-corrected chi connectivity index (χ3v) is 5.51. The molecule has 118 valence electrons. The highest BCUT2D eigenvalue weighted by molar-refractivity contribution is 7.99. The zero-order valence-electron chi connectivity index (χ0n) is 12.5. The molecule has 2 aromatic rings. The van der Waals surface area contributed by atoms with Gasteiger partial charge in [-0.25, -0.2) is 9.97 Å². The van der Waals surface area contributed by atoms with Crippen LogP contribution in [0.3, 0.4) is 0 Å². The lowest BCUT2D eigenvalue weighted by molar-refractivity contribution is -0.118. The van der Waals surface area contributed by atoms with Crippen LogP contribution < -0.4 is 5.32 Å². The summed E-state index contributed by atoms with van der Waals surface area (Å²) in [6, 6.07) is 0. The van der Waals surface area contributed by atoms with Crippen LogP contribution in [0, 0.1) is 0 Å². The summed E-state index contributed by atoms with van der Waals surface area (Å²) in [4.78, 5) is 22.2. The van der Waals surface area contributed by atoms with E-state index in [1.807, 2.05) is 6.92 Å². The Morgan fingerprint density at radius 3 is 3.00 bits per heavy atom. The first-order valence-electron chi connectivity index (χ1n) is 7.53. The van der Waals surface area contributed by atoms with E-state index in [1.54, 1.807) is 11.3 Å². The first-order valence-corrected chi connectivity index (χ1v) is 9.33. The topological polar surface area (TPSA) is 83.6 Å².